The van der Waals surface area contributed by atoms with Gasteiger partial charge in [0, 0.05) is 12.8 Å². The predicted molar refractivity (Wildman–Crippen MR) is 127 cm³/mol. The average molecular weight is 451 g/mol. The summed E-state index contributed by atoms with van der Waals surface area (Å²) in [7, 11) is 1.44. The second-order valence-corrected chi connectivity index (χ2v) is 11.9. The minimum absolute atomic E-state index is 0.122. The Hall–Kier alpha value is 0.0900. The van der Waals surface area contributed by atoms with Gasteiger partial charge in [-0.2, -0.15) is 0 Å². The first-order valence-corrected chi connectivity index (χ1v) is 14.6. The van der Waals surface area contributed by atoms with Crippen molar-refractivity contribution in [3.8, 4) is 0 Å². The van der Waals surface area contributed by atoms with Gasteiger partial charge in [-0.05, 0) is 46.0 Å². The fourth-order valence-electron chi connectivity index (χ4n) is 3.73. The number of methoxy groups -OCH3 is 1. The van der Waals surface area contributed by atoms with Crippen LogP contribution in [0.15, 0.2) is 0 Å². The van der Waals surface area contributed by atoms with E-state index >= 15 is 0 Å². The van der Waals surface area contributed by atoms with Crippen LogP contribution in [0, 0.1) is 0 Å². The van der Waals surface area contributed by atoms with Gasteiger partial charge >= 0.3 is 5.97 Å². The van der Waals surface area contributed by atoms with Crippen molar-refractivity contribution in [2.45, 2.75) is 121 Å². The number of hydrogen-bond acceptors (Lipinski definition) is 4. The topological polar surface area (TPSA) is 72.4 Å². The van der Waals surface area contributed by atoms with E-state index in [1.165, 1.54) is 26.4 Å². The van der Waals surface area contributed by atoms with Crippen LogP contribution in [0.1, 0.15) is 111 Å². The minimum Gasteiger partial charge on any atom is -0.616 e. The van der Waals surface area contributed by atoms with E-state index in [9.17, 15) is 13.9 Å². The van der Waals surface area contributed by atoms with Gasteiger partial charge in [0.15, 0.2) is 0 Å². The zero-order valence-corrected chi connectivity index (χ0v) is 21.1. The molecule has 4 nitrogen and oxygen atoms in total. The van der Waals surface area contributed by atoms with E-state index < -0.39 is 22.4 Å². The summed E-state index contributed by atoms with van der Waals surface area (Å²) in [6.45, 7) is 6.21. The molecular formula is C23H46O4S2. The summed E-state index contributed by atoms with van der Waals surface area (Å²) in [5.41, 5.74) is 0. The summed E-state index contributed by atoms with van der Waals surface area (Å²) in [5.74, 6) is 1.28. The van der Waals surface area contributed by atoms with Gasteiger partial charge in [-0.15, -0.1) is 0 Å². The third-order valence-electron chi connectivity index (χ3n) is 5.60. The molecule has 0 radical (unpaired) electrons. The lowest BCUT2D eigenvalue weighted by Gasteiger charge is -2.27. The van der Waals surface area contributed by atoms with E-state index in [1.54, 1.807) is 0 Å². The first-order chi connectivity index (χ1) is 14.0. The van der Waals surface area contributed by atoms with Crippen LogP contribution in [0.2, 0.25) is 0 Å². The van der Waals surface area contributed by atoms with Gasteiger partial charge in [0.1, 0.15) is 22.0 Å². The first-order valence-electron chi connectivity index (χ1n) is 11.8. The van der Waals surface area contributed by atoms with Crippen LogP contribution in [0.5, 0.6) is 0 Å². The molecule has 0 aliphatic heterocycles. The summed E-state index contributed by atoms with van der Waals surface area (Å²) in [5, 5.41) is 0.390. The highest BCUT2D eigenvalue weighted by Crippen LogP contribution is 2.25. The lowest BCUT2D eigenvalue weighted by atomic mass is 10.0. The largest absolute Gasteiger partial charge is 0.616 e. The Morgan fingerprint density at radius 2 is 1.21 bits per heavy atom. The number of carbonyl (C=O) groups excluding carboxylic acids is 1. The Balaban J connectivity index is 4.28. The van der Waals surface area contributed by atoms with Gasteiger partial charge in [0.2, 0.25) is 0 Å². The molecule has 0 saturated heterocycles. The van der Waals surface area contributed by atoms with Crippen molar-refractivity contribution in [3.05, 3.63) is 0 Å². The molecular weight excluding hydrogens is 404 g/mol. The summed E-state index contributed by atoms with van der Waals surface area (Å²) >= 11 is -1.61. The second kappa shape index (κ2) is 20.0. The Bertz CT molecular complexity index is 382. The van der Waals surface area contributed by atoms with Crippen molar-refractivity contribution in [3.63, 3.8) is 0 Å². The summed E-state index contributed by atoms with van der Waals surface area (Å²) in [6, 6.07) is 0. The molecule has 0 fully saturated rings. The molecule has 0 aromatic rings. The molecule has 29 heavy (non-hydrogen) atoms. The van der Waals surface area contributed by atoms with Crippen LogP contribution < -0.4 is 0 Å². The van der Waals surface area contributed by atoms with Gasteiger partial charge < -0.3 is 13.8 Å². The molecule has 0 bridgehead atoms. The third-order valence-corrected chi connectivity index (χ3v) is 9.08. The van der Waals surface area contributed by atoms with Crippen LogP contribution >= 0.6 is 0 Å². The molecule has 0 heterocycles. The second-order valence-electron chi connectivity index (χ2n) is 7.90. The van der Waals surface area contributed by atoms with Crippen LogP contribution in [-0.2, 0) is 31.9 Å². The lowest BCUT2D eigenvalue weighted by molar-refractivity contribution is -0.140. The molecule has 0 aliphatic carbocycles. The molecule has 0 aliphatic rings. The van der Waals surface area contributed by atoms with E-state index in [4.69, 9.17) is 0 Å². The maximum atomic E-state index is 12.6. The number of hydrogen-bond donors (Lipinski definition) is 0. The van der Waals surface area contributed by atoms with Gasteiger partial charge in [-0.3, -0.25) is 4.79 Å². The highest BCUT2D eigenvalue weighted by molar-refractivity contribution is 7.92. The molecule has 4 atom stereocenters. The Morgan fingerprint density at radius 3 is 1.66 bits per heavy atom. The Morgan fingerprint density at radius 1 is 0.759 bits per heavy atom. The minimum atomic E-state index is -0.815. The zero-order valence-electron chi connectivity index (χ0n) is 19.4. The van der Waals surface area contributed by atoms with E-state index in [0.717, 1.165) is 64.2 Å². The Kier molecular flexibility index (Phi) is 20.1. The van der Waals surface area contributed by atoms with Gasteiger partial charge in [0.25, 0.3) is 0 Å². The fourth-order valence-corrected chi connectivity index (χ4v) is 6.54. The lowest BCUT2D eigenvalue weighted by Crippen LogP contribution is -2.33. The molecule has 0 spiro atoms. The van der Waals surface area contributed by atoms with Crippen molar-refractivity contribution in [1.29, 1.82) is 0 Å². The van der Waals surface area contributed by atoms with Crippen molar-refractivity contribution >= 4 is 28.3 Å². The summed E-state index contributed by atoms with van der Waals surface area (Å²) in [6.07, 6.45) is 14.7. The normalized spacial score (nSPS) is 15.7. The summed E-state index contributed by atoms with van der Waals surface area (Å²) < 4.78 is 29.8. The molecule has 0 aromatic heterocycles. The SMILES string of the molecule is CCCCCCC(CC(CCCCCCCCC(=O)OC)[S+]([O-])CC)[S+]([O-])CC. The van der Waals surface area contributed by atoms with Crippen LogP contribution in [-0.4, -0.2) is 44.2 Å². The standard InChI is InChI=1S/C23H46O4S2/c1-5-8-9-14-17-21(28(25)6-2)20-22(29(26)7-3)18-15-12-10-11-13-16-19-23(24)27-4/h21-22H,5-20H2,1-4H3. The quantitative estimate of drug-likeness (QED) is 0.131. The number of carbonyl (C=O) groups is 1. The number of esters is 1. The molecule has 0 N–H and O–H groups in total. The van der Waals surface area contributed by atoms with E-state index in [2.05, 4.69) is 11.7 Å². The molecule has 4 unspecified atom stereocenters. The van der Waals surface area contributed by atoms with E-state index in [0.29, 0.717) is 17.9 Å². The van der Waals surface area contributed by atoms with Gasteiger partial charge in [-0.1, -0.05) is 74.2 Å². The van der Waals surface area contributed by atoms with Gasteiger partial charge in [0.05, 0.1) is 7.11 Å². The highest BCUT2D eigenvalue weighted by Gasteiger charge is 2.30. The van der Waals surface area contributed by atoms with Crippen LogP contribution in [0.4, 0.5) is 0 Å². The zero-order chi connectivity index (χ0) is 21.9. The number of ether oxygens (including phenoxy) is 1. The van der Waals surface area contributed by atoms with Crippen molar-refractivity contribution in [1.82, 2.24) is 0 Å². The molecule has 0 aromatic carbocycles. The van der Waals surface area contributed by atoms with Crippen LogP contribution in [0.25, 0.3) is 0 Å². The fraction of sp³-hybridized carbons (Fsp3) is 0.957. The predicted octanol–water partition coefficient (Wildman–Crippen LogP) is 5.92. The van der Waals surface area contributed by atoms with Crippen molar-refractivity contribution < 1.29 is 18.6 Å². The Labute approximate surface area is 186 Å². The molecule has 0 amide bonds. The third kappa shape index (κ3) is 15.5. The highest BCUT2D eigenvalue weighted by atomic mass is 32.2. The molecule has 6 heteroatoms. The molecule has 174 valence electrons. The monoisotopic (exact) mass is 450 g/mol. The van der Waals surface area contributed by atoms with Gasteiger partial charge in [-0.25, -0.2) is 0 Å². The smallest absolute Gasteiger partial charge is 0.305 e. The maximum Gasteiger partial charge on any atom is 0.305 e. The average Bonchev–Trinajstić information content (AvgIpc) is 2.74. The molecule has 0 rings (SSSR count). The first kappa shape index (κ1) is 29.1. The molecule has 0 saturated carbocycles. The van der Waals surface area contributed by atoms with Crippen molar-refractivity contribution in [2.24, 2.45) is 0 Å². The summed E-state index contributed by atoms with van der Waals surface area (Å²) in [4.78, 5) is 11.1. The maximum absolute atomic E-state index is 12.6. The van der Waals surface area contributed by atoms with E-state index in [-0.39, 0.29) is 16.5 Å². The van der Waals surface area contributed by atoms with Crippen LogP contribution in [0.3, 0.4) is 0 Å². The number of rotatable bonds is 20. The number of unbranched alkanes of at least 4 members (excludes halogenated alkanes) is 8. The van der Waals surface area contributed by atoms with E-state index in [1.807, 2.05) is 13.8 Å². The van der Waals surface area contributed by atoms with Crippen molar-refractivity contribution in [2.75, 3.05) is 18.6 Å².